The topological polar surface area (TPSA) is 163 Å². The van der Waals surface area contributed by atoms with Gasteiger partial charge in [-0.1, -0.05) is 12.1 Å². The van der Waals surface area contributed by atoms with Crippen molar-refractivity contribution in [2.24, 2.45) is 0 Å². The SMILES string of the molecule is C[C@H](OC(=O)C[C@H](O)C(=O)OC1=CC[C@@]2(O)[C@H]3Cc4ccc(CO)c5c4[C@@]2(CCN3C)[C@H]1O5)C(=O)O. The zero-order valence-electron chi connectivity index (χ0n) is 20.0. The number of esters is 2. The van der Waals surface area contributed by atoms with E-state index in [1.807, 2.05) is 13.1 Å². The van der Waals surface area contributed by atoms with Gasteiger partial charge in [0, 0.05) is 23.6 Å². The number of piperidine rings is 1. The summed E-state index contributed by atoms with van der Waals surface area (Å²) >= 11 is 0. The van der Waals surface area contributed by atoms with Crippen LogP contribution < -0.4 is 4.74 Å². The lowest BCUT2D eigenvalue weighted by Gasteiger charge is -2.61. The number of benzene rings is 1. The lowest BCUT2D eigenvalue weighted by molar-refractivity contribution is -0.174. The molecule has 0 aromatic heterocycles. The van der Waals surface area contributed by atoms with Crippen LogP contribution in [-0.2, 0) is 42.3 Å². The van der Waals surface area contributed by atoms with E-state index in [9.17, 15) is 29.7 Å². The van der Waals surface area contributed by atoms with E-state index in [0.717, 1.165) is 18.1 Å². The predicted molar refractivity (Wildman–Crippen MR) is 121 cm³/mol. The molecule has 2 bridgehead atoms. The van der Waals surface area contributed by atoms with Crippen LogP contribution in [0.15, 0.2) is 24.0 Å². The normalized spacial score (nSPS) is 31.4. The summed E-state index contributed by atoms with van der Waals surface area (Å²) in [6.07, 6.45) is -2.07. The van der Waals surface area contributed by atoms with Gasteiger partial charge in [0.05, 0.1) is 24.0 Å². The van der Waals surface area contributed by atoms with E-state index in [0.29, 0.717) is 30.7 Å². The highest BCUT2D eigenvalue weighted by atomic mass is 16.6. The molecule has 4 aliphatic rings. The molecule has 2 heterocycles. The predicted octanol–water partition coefficient (Wildman–Crippen LogP) is -0.233. The molecule has 0 saturated carbocycles. The van der Waals surface area contributed by atoms with Crippen LogP contribution in [0.1, 0.15) is 42.9 Å². The second-order valence-electron chi connectivity index (χ2n) is 10.0. The van der Waals surface area contributed by atoms with Gasteiger partial charge in [0.2, 0.25) is 0 Å². The van der Waals surface area contributed by atoms with Gasteiger partial charge in [-0.25, -0.2) is 9.59 Å². The Kier molecular flexibility index (Phi) is 5.86. The molecule has 1 aromatic carbocycles. The number of hydrogen-bond donors (Lipinski definition) is 4. The number of likely N-dealkylation sites (N-methyl/N-ethyl adjacent to an activating group) is 1. The molecule has 194 valence electrons. The fraction of sp³-hybridized carbons (Fsp3) is 0.560. The highest BCUT2D eigenvalue weighted by Crippen LogP contribution is 2.64. The molecular weight excluding hydrogens is 474 g/mol. The number of ether oxygens (including phenoxy) is 3. The first-order chi connectivity index (χ1) is 17.0. The summed E-state index contributed by atoms with van der Waals surface area (Å²) in [7, 11) is 1.97. The smallest absolute Gasteiger partial charge is 0.344 e. The van der Waals surface area contributed by atoms with Crippen LogP contribution in [-0.4, -0.2) is 86.8 Å². The Bertz CT molecular complexity index is 1160. The number of carboxylic acid groups (broad SMARTS) is 1. The van der Waals surface area contributed by atoms with Crippen LogP contribution in [0.25, 0.3) is 0 Å². The number of carbonyl (C=O) groups excluding carboxylic acids is 2. The monoisotopic (exact) mass is 503 g/mol. The van der Waals surface area contributed by atoms with Gasteiger partial charge in [-0.15, -0.1) is 0 Å². The Balaban J connectivity index is 1.44. The molecule has 0 unspecified atom stereocenters. The van der Waals surface area contributed by atoms with Crippen molar-refractivity contribution in [2.45, 2.75) is 74.6 Å². The summed E-state index contributed by atoms with van der Waals surface area (Å²) in [4.78, 5) is 37.6. The molecule has 4 N–H and O–H groups in total. The number of carbonyl (C=O) groups is 3. The van der Waals surface area contributed by atoms with Gasteiger partial charge < -0.3 is 39.5 Å². The van der Waals surface area contributed by atoms with Gasteiger partial charge >= 0.3 is 17.9 Å². The Hall–Kier alpha value is -2.99. The maximum Gasteiger partial charge on any atom is 0.344 e. The maximum atomic E-state index is 12.7. The lowest BCUT2D eigenvalue weighted by atomic mass is 9.50. The van der Waals surface area contributed by atoms with Crippen molar-refractivity contribution in [3.05, 3.63) is 40.7 Å². The third kappa shape index (κ3) is 3.37. The first-order valence-corrected chi connectivity index (χ1v) is 11.9. The third-order valence-electron chi connectivity index (χ3n) is 8.13. The van der Waals surface area contributed by atoms with E-state index < -0.39 is 53.7 Å². The van der Waals surface area contributed by atoms with Crippen LogP contribution in [0.2, 0.25) is 0 Å². The zero-order valence-corrected chi connectivity index (χ0v) is 20.0. The van der Waals surface area contributed by atoms with Crippen LogP contribution in [0, 0.1) is 0 Å². The maximum absolute atomic E-state index is 12.7. The van der Waals surface area contributed by atoms with E-state index in [1.54, 1.807) is 12.1 Å². The van der Waals surface area contributed by atoms with Crippen molar-refractivity contribution in [1.29, 1.82) is 0 Å². The average Bonchev–Trinajstić information content (AvgIpc) is 3.18. The van der Waals surface area contributed by atoms with Gasteiger partial charge in [-0.3, -0.25) is 4.79 Å². The minimum absolute atomic E-state index is 0.118. The highest BCUT2D eigenvalue weighted by Gasteiger charge is 2.71. The first-order valence-electron chi connectivity index (χ1n) is 11.9. The molecule has 2 aliphatic carbocycles. The summed E-state index contributed by atoms with van der Waals surface area (Å²) in [5, 5.41) is 41.2. The molecular formula is C25H29NO10. The molecule has 11 nitrogen and oxygen atoms in total. The van der Waals surface area contributed by atoms with Crippen molar-refractivity contribution in [1.82, 2.24) is 4.90 Å². The van der Waals surface area contributed by atoms with E-state index >= 15 is 0 Å². The largest absolute Gasteiger partial charge is 0.481 e. The van der Waals surface area contributed by atoms with Crippen LogP contribution in [0.3, 0.4) is 0 Å². The molecule has 0 radical (unpaired) electrons. The molecule has 5 rings (SSSR count). The van der Waals surface area contributed by atoms with Crippen molar-refractivity contribution >= 4 is 17.9 Å². The summed E-state index contributed by atoms with van der Waals surface area (Å²) in [5.74, 6) is -2.94. The molecule has 2 aliphatic heterocycles. The summed E-state index contributed by atoms with van der Waals surface area (Å²) in [5.41, 5.74) is 0.289. The zero-order chi connectivity index (χ0) is 26.0. The second-order valence-corrected chi connectivity index (χ2v) is 10.0. The summed E-state index contributed by atoms with van der Waals surface area (Å²) in [6, 6.07) is 3.55. The number of aliphatic hydroxyl groups is 3. The molecule has 1 saturated heterocycles. The number of likely N-dealkylation sites (tertiary alicyclic amines) is 1. The lowest BCUT2D eigenvalue weighted by Crippen LogP contribution is -2.74. The van der Waals surface area contributed by atoms with E-state index in [2.05, 4.69) is 9.64 Å². The van der Waals surface area contributed by atoms with Crippen LogP contribution in [0.5, 0.6) is 5.75 Å². The molecule has 0 amide bonds. The number of nitrogens with zero attached hydrogens (tertiary/aromatic N) is 1. The summed E-state index contributed by atoms with van der Waals surface area (Å²) in [6.45, 7) is 1.56. The Morgan fingerprint density at radius 1 is 1.31 bits per heavy atom. The minimum atomic E-state index is -1.89. The quantitative estimate of drug-likeness (QED) is 0.363. The number of hydrogen-bond acceptors (Lipinski definition) is 10. The van der Waals surface area contributed by atoms with Crippen molar-refractivity contribution < 1.29 is 49.0 Å². The Morgan fingerprint density at radius 2 is 2.06 bits per heavy atom. The fourth-order valence-electron chi connectivity index (χ4n) is 6.35. The van der Waals surface area contributed by atoms with Crippen molar-refractivity contribution in [3.8, 4) is 5.75 Å². The molecule has 1 fully saturated rings. The Morgan fingerprint density at radius 3 is 2.75 bits per heavy atom. The number of carboxylic acids is 1. The number of aliphatic hydroxyl groups excluding tert-OH is 2. The standard InChI is InChI=1S/C25H29NO10/c1-12(22(30)31)34-18(29)10-15(28)23(32)35-16-5-6-25(33)17-9-13-3-4-14(11-27)20-19(13)24(25,21(16)36-20)7-8-26(17)2/h3-5,12,15,17,21,27-28,33H,6-11H2,1-2H3,(H,30,31)/t12-,15-,17+,21-,24-,25+/m0/s1. The number of rotatable bonds is 7. The number of aliphatic carboxylic acids is 1. The molecule has 36 heavy (non-hydrogen) atoms. The van der Waals surface area contributed by atoms with Gasteiger partial charge in [0.1, 0.15) is 11.5 Å². The van der Waals surface area contributed by atoms with Crippen LogP contribution in [0.4, 0.5) is 0 Å². The Labute approximate surface area is 206 Å². The molecule has 1 spiro atoms. The third-order valence-corrected chi connectivity index (χ3v) is 8.13. The average molecular weight is 504 g/mol. The minimum Gasteiger partial charge on any atom is -0.481 e. The second kappa shape index (κ2) is 8.55. The van der Waals surface area contributed by atoms with Gasteiger partial charge in [-0.2, -0.15) is 0 Å². The van der Waals surface area contributed by atoms with Gasteiger partial charge in [0.25, 0.3) is 0 Å². The van der Waals surface area contributed by atoms with Crippen molar-refractivity contribution in [2.75, 3.05) is 13.6 Å². The first kappa shape index (κ1) is 24.7. The molecule has 6 atom stereocenters. The van der Waals surface area contributed by atoms with Gasteiger partial charge in [-0.05, 0) is 45.0 Å². The van der Waals surface area contributed by atoms with E-state index in [-0.39, 0.29) is 24.8 Å². The van der Waals surface area contributed by atoms with Crippen LogP contribution >= 0.6 is 0 Å². The van der Waals surface area contributed by atoms with Crippen molar-refractivity contribution in [3.63, 3.8) is 0 Å². The van der Waals surface area contributed by atoms with Gasteiger partial charge in [0.15, 0.2) is 18.3 Å². The molecule has 11 heteroatoms. The van der Waals surface area contributed by atoms with E-state index in [4.69, 9.17) is 14.6 Å². The molecule has 1 aromatic rings. The fourth-order valence-corrected chi connectivity index (χ4v) is 6.35. The summed E-state index contributed by atoms with van der Waals surface area (Å²) < 4.78 is 16.5. The highest BCUT2D eigenvalue weighted by molar-refractivity contribution is 5.84. The van der Waals surface area contributed by atoms with E-state index in [1.165, 1.54) is 0 Å².